The third kappa shape index (κ3) is 3.54. The number of piperidine rings is 1. The van der Waals surface area contributed by atoms with Crippen molar-refractivity contribution >= 4 is 5.84 Å². The van der Waals surface area contributed by atoms with Crippen LogP contribution in [0.5, 0.6) is 0 Å². The summed E-state index contributed by atoms with van der Waals surface area (Å²) >= 11 is 0. The van der Waals surface area contributed by atoms with Gasteiger partial charge in [0.2, 0.25) is 0 Å². The zero-order valence-electron chi connectivity index (χ0n) is 21.1. The lowest BCUT2D eigenvalue weighted by Crippen LogP contribution is -2.55. The second-order valence-electron chi connectivity index (χ2n) is 13.0. The molecule has 0 unspecified atom stereocenters. The number of hydrogen-bond donors (Lipinski definition) is 0. The van der Waals surface area contributed by atoms with Crippen molar-refractivity contribution in [2.75, 3.05) is 13.1 Å². The molecule has 3 aliphatic carbocycles. The predicted molar refractivity (Wildman–Crippen MR) is 132 cm³/mol. The Bertz CT molecular complexity index is 735. The molecule has 0 N–H and O–H groups in total. The van der Waals surface area contributed by atoms with Crippen LogP contribution in [0.2, 0.25) is 0 Å². The summed E-state index contributed by atoms with van der Waals surface area (Å²) in [4.78, 5) is 7.57. The van der Waals surface area contributed by atoms with Crippen molar-refractivity contribution in [3.8, 4) is 0 Å². The third-order valence-electron chi connectivity index (χ3n) is 10.9. The Morgan fingerprint density at radius 1 is 1.06 bits per heavy atom. The lowest BCUT2D eigenvalue weighted by atomic mass is 9.48. The number of fused-ring (bicyclic) bond motifs is 7. The van der Waals surface area contributed by atoms with Gasteiger partial charge in [0, 0.05) is 30.6 Å². The van der Waals surface area contributed by atoms with Gasteiger partial charge in [0.1, 0.15) is 5.84 Å². The van der Waals surface area contributed by atoms with Gasteiger partial charge in [-0.2, -0.15) is 0 Å². The van der Waals surface area contributed by atoms with Crippen LogP contribution in [-0.4, -0.2) is 23.8 Å². The van der Waals surface area contributed by atoms with Crippen molar-refractivity contribution in [2.24, 2.45) is 51.3 Å². The molecule has 2 aliphatic heterocycles. The molecule has 5 rings (SSSR count). The van der Waals surface area contributed by atoms with E-state index in [9.17, 15) is 0 Å². The number of allylic oxidation sites excluding steroid dienone is 2. The number of amidine groups is 1. The molecule has 0 radical (unpaired) electrons. The zero-order valence-corrected chi connectivity index (χ0v) is 21.1. The molecule has 0 amide bonds. The van der Waals surface area contributed by atoms with Crippen LogP contribution in [0.4, 0.5) is 0 Å². The fourth-order valence-electron chi connectivity index (χ4n) is 9.33. The molecule has 0 aromatic carbocycles. The van der Waals surface area contributed by atoms with Gasteiger partial charge in [-0.15, -0.1) is 0 Å². The summed E-state index contributed by atoms with van der Waals surface area (Å²) in [5.41, 5.74) is 2.69. The van der Waals surface area contributed by atoms with Crippen LogP contribution >= 0.6 is 0 Å². The van der Waals surface area contributed by atoms with E-state index in [0.717, 1.165) is 42.1 Å². The standard InChI is InChI=1S/C29H48N2/c1-20(2)8-6-9-21(3)23-11-12-24-22-10-13-26-29(5,25(22)14-16-28(23,24)4)17-15-27-30-18-7-19-31(26)27/h13,20-25H,6-12,14-19H2,1-5H3/t21-,22+,23+,24-,25+,28+,29+/m0/s1. The Labute approximate surface area is 192 Å². The first-order chi connectivity index (χ1) is 14.8. The molecule has 2 nitrogen and oxygen atoms in total. The Balaban J connectivity index is 1.35. The molecule has 7 atom stereocenters. The molecule has 2 saturated carbocycles. The van der Waals surface area contributed by atoms with E-state index in [1.165, 1.54) is 83.0 Å². The van der Waals surface area contributed by atoms with E-state index in [4.69, 9.17) is 4.99 Å². The van der Waals surface area contributed by atoms with Crippen LogP contribution in [0.15, 0.2) is 16.8 Å². The Morgan fingerprint density at radius 3 is 2.71 bits per heavy atom. The minimum absolute atomic E-state index is 0.404. The number of hydrogen-bond acceptors (Lipinski definition) is 2. The van der Waals surface area contributed by atoms with Gasteiger partial charge in [-0.05, 0) is 85.9 Å². The highest BCUT2D eigenvalue weighted by atomic mass is 15.2. The minimum Gasteiger partial charge on any atom is -0.334 e. The second kappa shape index (κ2) is 8.21. The normalized spacial score (nSPS) is 42.8. The van der Waals surface area contributed by atoms with Gasteiger partial charge in [0.15, 0.2) is 0 Å². The molecule has 1 saturated heterocycles. The smallest absolute Gasteiger partial charge is 0.103 e. The monoisotopic (exact) mass is 424 g/mol. The highest BCUT2D eigenvalue weighted by Gasteiger charge is 2.59. The van der Waals surface area contributed by atoms with Gasteiger partial charge < -0.3 is 4.90 Å². The van der Waals surface area contributed by atoms with Crippen LogP contribution in [0.3, 0.4) is 0 Å². The van der Waals surface area contributed by atoms with Gasteiger partial charge in [-0.1, -0.05) is 60.0 Å². The molecule has 0 spiro atoms. The van der Waals surface area contributed by atoms with Gasteiger partial charge in [-0.25, -0.2) is 0 Å². The highest BCUT2D eigenvalue weighted by Crippen LogP contribution is 2.67. The molecular weight excluding hydrogens is 376 g/mol. The van der Waals surface area contributed by atoms with Crippen molar-refractivity contribution < 1.29 is 0 Å². The second-order valence-corrected chi connectivity index (χ2v) is 13.0. The van der Waals surface area contributed by atoms with Gasteiger partial charge in [-0.3, -0.25) is 4.99 Å². The first-order valence-electron chi connectivity index (χ1n) is 13.9. The summed E-state index contributed by atoms with van der Waals surface area (Å²) in [5, 5.41) is 0. The van der Waals surface area contributed by atoms with Crippen molar-refractivity contribution in [3.05, 3.63) is 11.8 Å². The van der Waals surface area contributed by atoms with E-state index in [-0.39, 0.29) is 0 Å². The maximum absolute atomic E-state index is 4.91. The fourth-order valence-corrected chi connectivity index (χ4v) is 9.33. The van der Waals surface area contributed by atoms with E-state index in [0.29, 0.717) is 10.8 Å². The van der Waals surface area contributed by atoms with Crippen LogP contribution < -0.4 is 0 Å². The molecular formula is C29H48N2. The maximum atomic E-state index is 4.91. The van der Waals surface area contributed by atoms with E-state index in [1.54, 1.807) is 5.70 Å². The first kappa shape index (κ1) is 22.0. The van der Waals surface area contributed by atoms with Gasteiger partial charge in [0.25, 0.3) is 0 Å². The molecule has 0 aromatic heterocycles. The minimum atomic E-state index is 0.404. The molecule has 0 aromatic rings. The average Bonchev–Trinajstić information content (AvgIpc) is 3.10. The summed E-state index contributed by atoms with van der Waals surface area (Å²) in [7, 11) is 0. The molecule has 3 fully saturated rings. The molecule has 0 bridgehead atoms. The van der Waals surface area contributed by atoms with Crippen LogP contribution in [0, 0.1) is 46.3 Å². The van der Waals surface area contributed by atoms with Crippen molar-refractivity contribution in [3.63, 3.8) is 0 Å². The van der Waals surface area contributed by atoms with Gasteiger partial charge >= 0.3 is 0 Å². The third-order valence-corrected chi connectivity index (χ3v) is 10.9. The summed E-state index contributed by atoms with van der Waals surface area (Å²) in [6, 6.07) is 0. The van der Waals surface area contributed by atoms with E-state index < -0.39 is 0 Å². The van der Waals surface area contributed by atoms with Crippen LogP contribution in [0.1, 0.15) is 105 Å². The topological polar surface area (TPSA) is 15.6 Å². The van der Waals surface area contributed by atoms with E-state index in [1.807, 2.05) is 0 Å². The lowest BCUT2D eigenvalue weighted by Gasteiger charge is -2.60. The number of rotatable bonds is 5. The summed E-state index contributed by atoms with van der Waals surface area (Å²) in [5.74, 6) is 6.96. The largest absolute Gasteiger partial charge is 0.334 e. The zero-order chi connectivity index (χ0) is 21.8. The fraction of sp³-hybridized carbons (Fsp3) is 0.897. The Hall–Kier alpha value is -0.790. The summed E-state index contributed by atoms with van der Waals surface area (Å²) in [6.45, 7) is 15.0. The maximum Gasteiger partial charge on any atom is 0.103 e. The van der Waals surface area contributed by atoms with Crippen LogP contribution in [0.25, 0.3) is 0 Å². The van der Waals surface area contributed by atoms with E-state index in [2.05, 4.69) is 45.6 Å². The van der Waals surface area contributed by atoms with Crippen molar-refractivity contribution in [1.82, 2.24) is 4.90 Å². The average molecular weight is 425 g/mol. The quantitative estimate of drug-likeness (QED) is 0.441. The molecule has 5 aliphatic rings. The molecule has 2 heteroatoms. The number of nitrogens with zero attached hydrogens (tertiary/aromatic N) is 2. The summed E-state index contributed by atoms with van der Waals surface area (Å²) < 4.78 is 0. The first-order valence-corrected chi connectivity index (χ1v) is 13.9. The molecule has 31 heavy (non-hydrogen) atoms. The summed E-state index contributed by atoms with van der Waals surface area (Å²) in [6.07, 6.45) is 18.1. The SMILES string of the molecule is CC(C)CCC[C@H](C)[C@H]1CC[C@H]2[C@H]3CC=C4N5CCCN=C5CC[C@]4(C)[C@@H]3CC[C@]12C. The molecule has 2 heterocycles. The highest BCUT2D eigenvalue weighted by molar-refractivity contribution is 5.86. The molecule has 174 valence electrons. The van der Waals surface area contributed by atoms with Crippen molar-refractivity contribution in [1.29, 1.82) is 0 Å². The number of aliphatic imine (C=N–C) groups is 1. The Morgan fingerprint density at radius 2 is 1.90 bits per heavy atom. The Kier molecular flexibility index (Phi) is 5.83. The van der Waals surface area contributed by atoms with Crippen molar-refractivity contribution in [2.45, 2.75) is 105 Å². The lowest BCUT2D eigenvalue weighted by molar-refractivity contribution is -0.0539. The van der Waals surface area contributed by atoms with E-state index >= 15 is 0 Å². The van der Waals surface area contributed by atoms with Gasteiger partial charge in [0.05, 0.1) is 0 Å². The predicted octanol–water partition coefficient (Wildman–Crippen LogP) is 7.70. The van der Waals surface area contributed by atoms with Crippen LogP contribution in [-0.2, 0) is 0 Å².